The van der Waals surface area contributed by atoms with Crippen molar-refractivity contribution in [2.75, 3.05) is 19.7 Å². The number of nitrogens with one attached hydrogen (secondary N) is 1. The van der Waals surface area contributed by atoms with E-state index >= 15 is 0 Å². The van der Waals surface area contributed by atoms with E-state index in [-0.39, 0.29) is 12.7 Å². The van der Waals surface area contributed by atoms with Gasteiger partial charge in [0.15, 0.2) is 6.10 Å². The van der Waals surface area contributed by atoms with Crippen molar-refractivity contribution in [3.63, 3.8) is 0 Å². The van der Waals surface area contributed by atoms with Crippen LogP contribution in [0.1, 0.15) is 32.6 Å². The third-order valence-electron chi connectivity index (χ3n) is 3.30. The molecular formula is C12H23NO4. The van der Waals surface area contributed by atoms with Crippen molar-refractivity contribution in [2.45, 2.75) is 44.8 Å². The van der Waals surface area contributed by atoms with Crippen LogP contribution in [0.4, 0.5) is 0 Å². The van der Waals surface area contributed by atoms with Crippen LogP contribution in [0, 0.1) is 5.92 Å². The van der Waals surface area contributed by atoms with Crippen LogP contribution in [0.25, 0.3) is 0 Å². The molecule has 3 atom stereocenters. The largest absolute Gasteiger partial charge is 0.479 e. The highest BCUT2D eigenvalue weighted by molar-refractivity contribution is 5.72. The van der Waals surface area contributed by atoms with Gasteiger partial charge in [0.05, 0.1) is 6.10 Å². The van der Waals surface area contributed by atoms with Gasteiger partial charge in [-0.25, -0.2) is 4.79 Å². The van der Waals surface area contributed by atoms with E-state index in [1.807, 2.05) is 0 Å². The monoisotopic (exact) mass is 245 g/mol. The van der Waals surface area contributed by atoms with E-state index in [0.29, 0.717) is 18.9 Å². The number of carbonyl (C=O) groups is 1. The van der Waals surface area contributed by atoms with E-state index < -0.39 is 12.1 Å². The van der Waals surface area contributed by atoms with Gasteiger partial charge in [0.25, 0.3) is 0 Å². The van der Waals surface area contributed by atoms with Crippen LogP contribution in [0.15, 0.2) is 0 Å². The highest BCUT2D eigenvalue weighted by Crippen LogP contribution is 2.19. The molecule has 0 aromatic heterocycles. The molecule has 0 aromatic rings. The van der Waals surface area contributed by atoms with Crippen molar-refractivity contribution in [3.05, 3.63) is 0 Å². The van der Waals surface area contributed by atoms with Crippen LogP contribution in [-0.2, 0) is 9.53 Å². The average molecular weight is 245 g/mol. The Hall–Kier alpha value is -0.650. The Morgan fingerprint density at radius 1 is 1.53 bits per heavy atom. The maximum atomic E-state index is 10.7. The van der Waals surface area contributed by atoms with E-state index in [4.69, 9.17) is 14.9 Å². The first-order valence-corrected chi connectivity index (χ1v) is 6.37. The number of aliphatic hydroxyl groups is 1. The van der Waals surface area contributed by atoms with Gasteiger partial charge in [-0.05, 0) is 31.7 Å². The Kier molecular flexibility index (Phi) is 6.47. The molecule has 0 aliphatic carbocycles. The summed E-state index contributed by atoms with van der Waals surface area (Å²) in [5, 5.41) is 20.9. The normalized spacial score (nSPS) is 26.0. The number of aliphatic hydroxyl groups excluding tert-OH is 1. The first-order chi connectivity index (χ1) is 8.17. The number of ether oxygens (including phenoxy) is 1. The molecule has 1 saturated heterocycles. The molecule has 0 aromatic carbocycles. The molecule has 0 bridgehead atoms. The van der Waals surface area contributed by atoms with E-state index in [1.165, 1.54) is 0 Å². The number of hydrogen-bond donors (Lipinski definition) is 3. The number of hydrogen-bond acceptors (Lipinski definition) is 4. The van der Waals surface area contributed by atoms with Crippen LogP contribution in [0.2, 0.25) is 0 Å². The van der Waals surface area contributed by atoms with Crippen molar-refractivity contribution < 1.29 is 19.7 Å². The van der Waals surface area contributed by atoms with E-state index in [1.54, 1.807) is 0 Å². The highest BCUT2D eigenvalue weighted by atomic mass is 16.5. The molecule has 1 rings (SSSR count). The second-order valence-corrected chi connectivity index (χ2v) is 4.61. The van der Waals surface area contributed by atoms with Gasteiger partial charge in [0.2, 0.25) is 0 Å². The molecule has 1 fully saturated rings. The van der Waals surface area contributed by atoms with Crippen LogP contribution in [0.3, 0.4) is 0 Å². The van der Waals surface area contributed by atoms with Crippen LogP contribution < -0.4 is 5.32 Å². The van der Waals surface area contributed by atoms with Crippen molar-refractivity contribution in [1.29, 1.82) is 0 Å². The maximum absolute atomic E-state index is 10.7. The minimum atomic E-state index is -0.862. The summed E-state index contributed by atoms with van der Waals surface area (Å²) in [5.74, 6) is -0.379. The molecule has 0 radical (unpaired) electrons. The Morgan fingerprint density at radius 3 is 2.82 bits per heavy atom. The quantitative estimate of drug-likeness (QED) is 0.584. The van der Waals surface area contributed by atoms with E-state index in [0.717, 1.165) is 25.8 Å². The predicted octanol–water partition coefficient (Wildman–Crippen LogP) is 0.617. The topological polar surface area (TPSA) is 78.8 Å². The molecule has 100 valence electrons. The van der Waals surface area contributed by atoms with Gasteiger partial charge >= 0.3 is 5.97 Å². The highest BCUT2D eigenvalue weighted by Gasteiger charge is 2.29. The second-order valence-electron chi connectivity index (χ2n) is 4.61. The molecule has 0 spiro atoms. The predicted molar refractivity (Wildman–Crippen MR) is 63.9 cm³/mol. The van der Waals surface area contributed by atoms with Crippen molar-refractivity contribution in [2.24, 2.45) is 5.92 Å². The molecule has 3 N–H and O–H groups in total. The van der Waals surface area contributed by atoms with Crippen LogP contribution in [-0.4, -0.2) is 48.1 Å². The Labute approximate surface area is 102 Å². The van der Waals surface area contributed by atoms with E-state index in [9.17, 15) is 4.79 Å². The second kappa shape index (κ2) is 7.63. The molecule has 0 amide bonds. The minimum Gasteiger partial charge on any atom is -0.479 e. The molecule has 3 unspecified atom stereocenters. The summed E-state index contributed by atoms with van der Waals surface area (Å²) in [5.41, 5.74) is 0. The summed E-state index contributed by atoms with van der Waals surface area (Å²) in [6, 6.07) is 0. The fourth-order valence-electron chi connectivity index (χ4n) is 2.12. The SMILES string of the molecule is CCC(CCO)CNCC1CCC(C(=O)O)O1. The molecular weight excluding hydrogens is 222 g/mol. The third kappa shape index (κ3) is 5.02. The molecule has 0 saturated carbocycles. The third-order valence-corrected chi connectivity index (χ3v) is 3.30. The van der Waals surface area contributed by atoms with E-state index in [2.05, 4.69) is 12.2 Å². The average Bonchev–Trinajstić information content (AvgIpc) is 2.77. The number of rotatable bonds is 8. The zero-order chi connectivity index (χ0) is 12.7. The Morgan fingerprint density at radius 2 is 2.29 bits per heavy atom. The summed E-state index contributed by atoms with van der Waals surface area (Å²) in [7, 11) is 0. The van der Waals surface area contributed by atoms with Gasteiger partial charge in [-0.1, -0.05) is 13.3 Å². The lowest BCUT2D eigenvalue weighted by Crippen LogP contribution is -2.32. The molecule has 5 nitrogen and oxygen atoms in total. The first-order valence-electron chi connectivity index (χ1n) is 6.37. The zero-order valence-electron chi connectivity index (χ0n) is 10.4. The zero-order valence-corrected chi connectivity index (χ0v) is 10.4. The maximum Gasteiger partial charge on any atom is 0.332 e. The van der Waals surface area contributed by atoms with Gasteiger partial charge in [0.1, 0.15) is 0 Å². The summed E-state index contributed by atoms with van der Waals surface area (Å²) in [4.78, 5) is 10.7. The first kappa shape index (κ1) is 14.4. The lowest BCUT2D eigenvalue weighted by atomic mass is 10.0. The Balaban J connectivity index is 2.13. The fraction of sp³-hybridized carbons (Fsp3) is 0.917. The van der Waals surface area contributed by atoms with Gasteiger partial charge in [-0.3, -0.25) is 0 Å². The summed E-state index contributed by atoms with van der Waals surface area (Å²) >= 11 is 0. The summed E-state index contributed by atoms with van der Waals surface area (Å²) < 4.78 is 5.39. The summed E-state index contributed by atoms with van der Waals surface area (Å²) in [6.07, 6.45) is 2.66. The van der Waals surface area contributed by atoms with Gasteiger partial charge < -0.3 is 20.3 Å². The molecule has 17 heavy (non-hydrogen) atoms. The Bertz CT molecular complexity index is 235. The number of aliphatic carboxylic acids is 1. The van der Waals surface area contributed by atoms with Crippen molar-refractivity contribution in [3.8, 4) is 0 Å². The molecule has 1 heterocycles. The van der Waals surface area contributed by atoms with Gasteiger partial charge in [-0.15, -0.1) is 0 Å². The lowest BCUT2D eigenvalue weighted by molar-refractivity contribution is -0.149. The fourth-order valence-corrected chi connectivity index (χ4v) is 2.12. The van der Waals surface area contributed by atoms with Crippen molar-refractivity contribution >= 4 is 5.97 Å². The molecule has 5 heteroatoms. The van der Waals surface area contributed by atoms with Crippen LogP contribution >= 0.6 is 0 Å². The molecule has 1 aliphatic heterocycles. The van der Waals surface area contributed by atoms with Crippen LogP contribution in [0.5, 0.6) is 0 Å². The van der Waals surface area contributed by atoms with Crippen molar-refractivity contribution in [1.82, 2.24) is 5.32 Å². The molecule has 1 aliphatic rings. The minimum absolute atomic E-state index is 0.0164. The van der Waals surface area contributed by atoms with Gasteiger partial charge in [0, 0.05) is 13.2 Å². The van der Waals surface area contributed by atoms with Gasteiger partial charge in [-0.2, -0.15) is 0 Å². The standard InChI is InChI=1S/C12H23NO4/c1-2-9(5-6-14)7-13-8-10-3-4-11(17-10)12(15)16/h9-11,13-14H,2-8H2,1H3,(H,15,16). The number of carboxylic acids is 1. The lowest BCUT2D eigenvalue weighted by Gasteiger charge is -2.17. The summed E-state index contributed by atoms with van der Waals surface area (Å²) in [6.45, 7) is 3.89. The number of carboxylic acid groups (broad SMARTS) is 1. The smallest absolute Gasteiger partial charge is 0.332 e.